The molecule has 1 aromatic carbocycles. The summed E-state index contributed by atoms with van der Waals surface area (Å²) in [5.74, 6) is -0.609. The third-order valence-corrected chi connectivity index (χ3v) is 5.76. The van der Waals surface area contributed by atoms with Crippen LogP contribution < -0.4 is 14.8 Å². The predicted octanol–water partition coefficient (Wildman–Crippen LogP) is 1.14. The molecule has 160 valence electrons. The van der Waals surface area contributed by atoms with Crippen molar-refractivity contribution in [3.8, 4) is 11.5 Å². The molecule has 1 aromatic rings. The number of nitrogens with one attached hydrogen (secondary N) is 1. The number of amides is 3. The highest BCUT2D eigenvalue weighted by molar-refractivity contribution is 6.05. The summed E-state index contributed by atoms with van der Waals surface area (Å²) in [6, 6.07) is 5.35. The first-order chi connectivity index (χ1) is 14.5. The van der Waals surface area contributed by atoms with Crippen LogP contribution in [0, 0.1) is 11.8 Å². The lowest BCUT2D eigenvalue weighted by atomic mass is 9.81. The second-order valence-electron chi connectivity index (χ2n) is 7.70. The molecule has 2 atom stereocenters. The molecular formula is C21H24N2O7. The van der Waals surface area contributed by atoms with Crippen LogP contribution in [0.4, 0.5) is 0 Å². The predicted molar refractivity (Wildman–Crippen MR) is 102 cm³/mol. The van der Waals surface area contributed by atoms with Crippen LogP contribution in [0.1, 0.15) is 37.7 Å². The van der Waals surface area contributed by atoms with Gasteiger partial charge in [-0.05, 0) is 30.5 Å². The molecule has 0 radical (unpaired) electrons. The molecule has 1 N–H and O–H groups in total. The summed E-state index contributed by atoms with van der Waals surface area (Å²) in [7, 11) is 0. The summed E-state index contributed by atoms with van der Waals surface area (Å²) in [4.78, 5) is 49.8. The minimum atomic E-state index is -0.622. The van der Waals surface area contributed by atoms with E-state index >= 15 is 0 Å². The topological polar surface area (TPSA) is 111 Å². The number of ether oxygens (including phenoxy) is 3. The second kappa shape index (κ2) is 8.73. The third kappa shape index (κ3) is 4.24. The molecule has 9 nitrogen and oxygen atoms in total. The normalized spacial score (nSPS) is 22.1. The van der Waals surface area contributed by atoms with Crippen molar-refractivity contribution in [1.29, 1.82) is 0 Å². The molecule has 1 saturated carbocycles. The Balaban J connectivity index is 1.17. The summed E-state index contributed by atoms with van der Waals surface area (Å²) < 4.78 is 15.5. The highest BCUT2D eigenvalue weighted by Crippen LogP contribution is 2.38. The number of carbonyl (C=O) groups is 4. The minimum Gasteiger partial charge on any atom is -0.456 e. The highest BCUT2D eigenvalue weighted by Gasteiger charge is 2.47. The zero-order chi connectivity index (χ0) is 21.1. The van der Waals surface area contributed by atoms with Crippen LogP contribution in [0.3, 0.4) is 0 Å². The van der Waals surface area contributed by atoms with E-state index in [0.29, 0.717) is 11.5 Å². The quantitative estimate of drug-likeness (QED) is 0.524. The van der Waals surface area contributed by atoms with Crippen molar-refractivity contribution in [3.63, 3.8) is 0 Å². The number of hydrogen-bond acceptors (Lipinski definition) is 7. The van der Waals surface area contributed by atoms with Crippen molar-refractivity contribution in [1.82, 2.24) is 10.2 Å². The molecule has 2 aliphatic heterocycles. The Morgan fingerprint density at radius 1 is 1.07 bits per heavy atom. The van der Waals surface area contributed by atoms with Gasteiger partial charge in [-0.1, -0.05) is 18.9 Å². The van der Waals surface area contributed by atoms with Crippen LogP contribution >= 0.6 is 0 Å². The summed E-state index contributed by atoms with van der Waals surface area (Å²) in [6.45, 7) is 0.0163. The SMILES string of the molecule is O=C(COC(=O)CCN1C(=O)[C@@H]2CCCC[C@H]2C1=O)NCc1ccc2c(c1)OCO2. The average Bonchev–Trinajstić information content (AvgIpc) is 3.32. The van der Waals surface area contributed by atoms with Crippen molar-refractivity contribution >= 4 is 23.7 Å². The molecule has 2 fully saturated rings. The highest BCUT2D eigenvalue weighted by atomic mass is 16.7. The Kier molecular flexibility index (Phi) is 5.87. The summed E-state index contributed by atoms with van der Waals surface area (Å²) in [5.41, 5.74) is 0.825. The molecule has 1 aliphatic carbocycles. The maximum atomic E-state index is 12.4. The third-order valence-electron chi connectivity index (χ3n) is 5.76. The Morgan fingerprint density at radius 2 is 1.77 bits per heavy atom. The molecule has 3 aliphatic rings. The number of esters is 1. The van der Waals surface area contributed by atoms with E-state index in [1.165, 1.54) is 4.90 Å². The Morgan fingerprint density at radius 3 is 2.50 bits per heavy atom. The van der Waals surface area contributed by atoms with Gasteiger partial charge in [-0.3, -0.25) is 24.1 Å². The van der Waals surface area contributed by atoms with E-state index in [-0.39, 0.29) is 50.0 Å². The zero-order valence-corrected chi connectivity index (χ0v) is 16.6. The lowest BCUT2D eigenvalue weighted by Gasteiger charge is -2.19. The first-order valence-corrected chi connectivity index (χ1v) is 10.2. The molecule has 4 rings (SSSR count). The van der Waals surface area contributed by atoms with Gasteiger partial charge in [0.25, 0.3) is 5.91 Å². The summed E-state index contributed by atoms with van der Waals surface area (Å²) >= 11 is 0. The van der Waals surface area contributed by atoms with Crippen molar-refractivity contribution in [2.24, 2.45) is 11.8 Å². The van der Waals surface area contributed by atoms with Crippen LogP contribution in [0.15, 0.2) is 18.2 Å². The number of hydrogen-bond donors (Lipinski definition) is 1. The van der Waals surface area contributed by atoms with E-state index in [4.69, 9.17) is 14.2 Å². The smallest absolute Gasteiger partial charge is 0.308 e. The number of carbonyl (C=O) groups excluding carboxylic acids is 4. The van der Waals surface area contributed by atoms with E-state index in [9.17, 15) is 19.2 Å². The number of benzene rings is 1. The Bertz CT molecular complexity index is 845. The lowest BCUT2D eigenvalue weighted by Crippen LogP contribution is -2.34. The molecule has 0 aromatic heterocycles. The molecule has 0 bridgehead atoms. The van der Waals surface area contributed by atoms with Gasteiger partial charge >= 0.3 is 5.97 Å². The van der Waals surface area contributed by atoms with Gasteiger partial charge in [-0.25, -0.2) is 0 Å². The number of nitrogens with zero attached hydrogens (tertiary/aromatic N) is 1. The number of likely N-dealkylation sites (tertiary alicyclic amines) is 1. The second-order valence-corrected chi connectivity index (χ2v) is 7.70. The molecule has 30 heavy (non-hydrogen) atoms. The van der Waals surface area contributed by atoms with Crippen LogP contribution in [0.2, 0.25) is 0 Å². The van der Waals surface area contributed by atoms with Gasteiger partial charge in [0.05, 0.1) is 18.3 Å². The van der Waals surface area contributed by atoms with Crippen molar-refractivity contribution in [2.45, 2.75) is 38.6 Å². The molecule has 0 unspecified atom stereocenters. The van der Waals surface area contributed by atoms with Gasteiger partial charge in [0.1, 0.15) is 0 Å². The monoisotopic (exact) mass is 416 g/mol. The molecule has 9 heteroatoms. The van der Waals surface area contributed by atoms with Gasteiger partial charge in [-0.15, -0.1) is 0 Å². The van der Waals surface area contributed by atoms with Crippen molar-refractivity contribution < 1.29 is 33.4 Å². The first-order valence-electron chi connectivity index (χ1n) is 10.2. The van der Waals surface area contributed by atoms with E-state index in [0.717, 1.165) is 31.2 Å². The number of fused-ring (bicyclic) bond motifs is 2. The van der Waals surface area contributed by atoms with E-state index in [2.05, 4.69) is 5.32 Å². The fraction of sp³-hybridized carbons (Fsp3) is 0.524. The molecule has 2 heterocycles. The molecule has 3 amide bonds. The molecular weight excluding hydrogens is 392 g/mol. The van der Waals surface area contributed by atoms with Gasteiger partial charge < -0.3 is 19.5 Å². The van der Waals surface area contributed by atoms with Gasteiger partial charge in [0.2, 0.25) is 18.6 Å². The van der Waals surface area contributed by atoms with Crippen LogP contribution in [-0.2, 0) is 30.5 Å². The fourth-order valence-corrected chi connectivity index (χ4v) is 4.18. The van der Waals surface area contributed by atoms with E-state index in [1.807, 2.05) is 6.07 Å². The number of imide groups is 1. The number of rotatable bonds is 7. The van der Waals surface area contributed by atoms with E-state index < -0.39 is 18.5 Å². The summed E-state index contributed by atoms with van der Waals surface area (Å²) in [5, 5.41) is 2.66. The largest absolute Gasteiger partial charge is 0.456 e. The van der Waals surface area contributed by atoms with Crippen molar-refractivity contribution in [3.05, 3.63) is 23.8 Å². The lowest BCUT2D eigenvalue weighted by molar-refractivity contribution is -0.150. The van der Waals surface area contributed by atoms with Crippen LogP contribution in [0.25, 0.3) is 0 Å². The van der Waals surface area contributed by atoms with Gasteiger partial charge in [0, 0.05) is 13.1 Å². The summed E-state index contributed by atoms with van der Waals surface area (Å²) in [6.07, 6.45) is 3.26. The maximum absolute atomic E-state index is 12.4. The molecule has 0 spiro atoms. The first kappa shape index (κ1) is 20.2. The van der Waals surface area contributed by atoms with Crippen LogP contribution in [0.5, 0.6) is 11.5 Å². The standard InChI is InChI=1S/C21H24N2O7/c24-18(22-10-13-5-6-16-17(9-13)30-12-29-16)11-28-19(25)7-8-23-20(26)14-3-1-2-4-15(14)21(23)27/h5-6,9,14-15H,1-4,7-8,10-12H2,(H,22,24)/t14-,15-/m1/s1. The van der Waals surface area contributed by atoms with Gasteiger partial charge in [0.15, 0.2) is 18.1 Å². The van der Waals surface area contributed by atoms with Crippen LogP contribution in [-0.4, -0.2) is 48.5 Å². The minimum absolute atomic E-state index is 0.00230. The Labute approximate surface area is 173 Å². The van der Waals surface area contributed by atoms with E-state index in [1.54, 1.807) is 12.1 Å². The molecule has 1 saturated heterocycles. The van der Waals surface area contributed by atoms with Crippen molar-refractivity contribution in [2.75, 3.05) is 19.9 Å². The Hall–Kier alpha value is -3.10. The fourth-order valence-electron chi connectivity index (χ4n) is 4.18. The maximum Gasteiger partial charge on any atom is 0.308 e. The average molecular weight is 416 g/mol. The zero-order valence-electron chi connectivity index (χ0n) is 16.6. The van der Waals surface area contributed by atoms with Gasteiger partial charge in [-0.2, -0.15) is 0 Å².